The smallest absolute Gasteiger partial charge is 0.333 e. The number of unbranched alkanes of at least 4 members (excludes halogenated alkanes) is 3. The number of benzene rings is 3. The maximum atomic E-state index is 13.3. The van der Waals surface area contributed by atoms with Gasteiger partial charge in [0.2, 0.25) is 0 Å². The zero-order valence-electron chi connectivity index (χ0n) is 21.3. The molecule has 0 bridgehead atoms. The summed E-state index contributed by atoms with van der Waals surface area (Å²) in [7, 11) is 0. The van der Waals surface area contributed by atoms with Crippen molar-refractivity contribution in [3.63, 3.8) is 0 Å². The summed E-state index contributed by atoms with van der Waals surface area (Å²) >= 11 is 0. The summed E-state index contributed by atoms with van der Waals surface area (Å²) in [6, 6.07) is 27.8. The molecule has 0 radical (unpaired) electrons. The van der Waals surface area contributed by atoms with Crippen molar-refractivity contribution in [3.05, 3.63) is 113 Å². The van der Waals surface area contributed by atoms with E-state index in [9.17, 15) is 9.59 Å². The van der Waals surface area contributed by atoms with Crippen LogP contribution in [0, 0.1) is 0 Å². The summed E-state index contributed by atoms with van der Waals surface area (Å²) in [6.45, 7) is 6.70. The molecule has 0 unspecified atom stereocenters. The van der Waals surface area contributed by atoms with Crippen LogP contribution in [0.25, 0.3) is 22.0 Å². The van der Waals surface area contributed by atoms with E-state index in [0.29, 0.717) is 25.3 Å². The van der Waals surface area contributed by atoms with E-state index in [1.807, 2.05) is 83.4 Å². The number of nitrogens with zero attached hydrogens (tertiary/aromatic N) is 1. The van der Waals surface area contributed by atoms with Crippen LogP contribution in [0.1, 0.15) is 38.2 Å². The first kappa shape index (κ1) is 26.0. The minimum Gasteiger partial charge on any atom is -0.489 e. The second kappa shape index (κ2) is 12.7. The number of ether oxygens (including phenoxy) is 2. The Kier molecular flexibility index (Phi) is 8.93. The number of aromatic nitrogens is 1. The van der Waals surface area contributed by atoms with E-state index in [1.54, 1.807) is 13.0 Å². The minimum atomic E-state index is -0.346. The van der Waals surface area contributed by atoms with E-state index in [0.717, 1.165) is 59.0 Å². The van der Waals surface area contributed by atoms with Gasteiger partial charge in [0.05, 0.1) is 12.1 Å². The normalized spacial score (nSPS) is 10.8. The van der Waals surface area contributed by atoms with Gasteiger partial charge in [-0.15, -0.1) is 0 Å². The lowest BCUT2D eigenvalue weighted by atomic mass is 10.0. The Labute approximate surface area is 218 Å². The Morgan fingerprint density at radius 3 is 2.30 bits per heavy atom. The van der Waals surface area contributed by atoms with Gasteiger partial charge in [-0.3, -0.25) is 4.79 Å². The van der Waals surface area contributed by atoms with Crippen molar-refractivity contribution in [1.82, 2.24) is 4.57 Å². The van der Waals surface area contributed by atoms with Gasteiger partial charge in [-0.1, -0.05) is 73.7 Å². The predicted octanol–water partition coefficient (Wildman–Crippen LogP) is 6.93. The molecule has 0 saturated heterocycles. The molecule has 0 saturated carbocycles. The molecule has 0 aliphatic rings. The molecule has 0 aliphatic carbocycles. The summed E-state index contributed by atoms with van der Waals surface area (Å²) in [5.41, 5.74) is 4.28. The summed E-state index contributed by atoms with van der Waals surface area (Å²) in [4.78, 5) is 24.8. The fourth-order valence-corrected chi connectivity index (χ4v) is 4.29. The molecule has 5 nitrogen and oxygen atoms in total. The van der Waals surface area contributed by atoms with Gasteiger partial charge in [0.25, 0.3) is 5.56 Å². The quantitative estimate of drug-likeness (QED) is 0.122. The molecule has 4 rings (SSSR count). The summed E-state index contributed by atoms with van der Waals surface area (Å²) < 4.78 is 13.1. The van der Waals surface area contributed by atoms with Crippen LogP contribution in [-0.4, -0.2) is 17.1 Å². The maximum absolute atomic E-state index is 13.3. The van der Waals surface area contributed by atoms with Crippen molar-refractivity contribution in [3.8, 4) is 16.9 Å². The first-order chi connectivity index (χ1) is 18.0. The van der Waals surface area contributed by atoms with Crippen LogP contribution in [0.3, 0.4) is 0 Å². The van der Waals surface area contributed by atoms with Crippen LogP contribution in [0.2, 0.25) is 0 Å². The van der Waals surface area contributed by atoms with Gasteiger partial charge in [-0.05, 0) is 55.0 Å². The Morgan fingerprint density at radius 2 is 1.57 bits per heavy atom. The Morgan fingerprint density at radius 1 is 0.865 bits per heavy atom. The highest BCUT2D eigenvalue weighted by atomic mass is 16.5. The van der Waals surface area contributed by atoms with E-state index in [1.165, 1.54) is 0 Å². The number of pyridine rings is 1. The lowest BCUT2D eigenvalue weighted by Gasteiger charge is -2.16. The molecular formula is C32H33NO4. The molecular weight excluding hydrogens is 462 g/mol. The fraction of sp³-hybridized carbons (Fsp3) is 0.250. The molecule has 1 aromatic heterocycles. The third-order valence-electron chi connectivity index (χ3n) is 6.27. The van der Waals surface area contributed by atoms with Crippen molar-refractivity contribution in [2.45, 2.75) is 45.8 Å². The zero-order valence-corrected chi connectivity index (χ0v) is 21.3. The predicted molar refractivity (Wildman–Crippen MR) is 149 cm³/mol. The molecule has 5 heteroatoms. The largest absolute Gasteiger partial charge is 0.489 e. The van der Waals surface area contributed by atoms with Crippen molar-refractivity contribution in [2.24, 2.45) is 0 Å². The van der Waals surface area contributed by atoms with Crippen molar-refractivity contribution in [1.29, 1.82) is 0 Å². The molecule has 0 atom stereocenters. The summed E-state index contributed by atoms with van der Waals surface area (Å²) in [6.07, 6.45) is 3.50. The third kappa shape index (κ3) is 6.98. The second-order valence-corrected chi connectivity index (χ2v) is 9.20. The van der Waals surface area contributed by atoms with Gasteiger partial charge in [0, 0.05) is 29.6 Å². The van der Waals surface area contributed by atoms with Gasteiger partial charge in [0.15, 0.2) is 0 Å². The van der Waals surface area contributed by atoms with Crippen molar-refractivity contribution >= 4 is 16.9 Å². The first-order valence-electron chi connectivity index (χ1n) is 12.8. The van der Waals surface area contributed by atoms with E-state index in [2.05, 4.69) is 6.58 Å². The summed E-state index contributed by atoms with van der Waals surface area (Å²) in [5, 5.41) is 1.02. The van der Waals surface area contributed by atoms with Crippen LogP contribution in [-0.2, 0) is 22.7 Å². The number of hydrogen-bond acceptors (Lipinski definition) is 4. The molecule has 1 heterocycles. The molecule has 0 aliphatic heterocycles. The van der Waals surface area contributed by atoms with Gasteiger partial charge in [0.1, 0.15) is 12.4 Å². The van der Waals surface area contributed by atoms with E-state index in [4.69, 9.17) is 9.47 Å². The molecule has 0 N–H and O–H groups in total. The molecule has 0 fully saturated rings. The topological polar surface area (TPSA) is 57.5 Å². The second-order valence-electron chi connectivity index (χ2n) is 9.20. The molecule has 37 heavy (non-hydrogen) atoms. The zero-order chi connectivity index (χ0) is 26.0. The number of carbonyl (C=O) groups excluding carboxylic acids is 1. The van der Waals surface area contributed by atoms with Crippen LogP contribution in [0.5, 0.6) is 5.75 Å². The summed E-state index contributed by atoms with van der Waals surface area (Å²) in [5.74, 6) is 0.385. The van der Waals surface area contributed by atoms with Crippen LogP contribution < -0.4 is 10.3 Å². The highest BCUT2D eigenvalue weighted by Crippen LogP contribution is 2.30. The number of aryl methyl sites for hydroxylation is 1. The molecule has 3 aromatic carbocycles. The van der Waals surface area contributed by atoms with Crippen molar-refractivity contribution < 1.29 is 14.3 Å². The number of carbonyl (C=O) groups is 1. The van der Waals surface area contributed by atoms with Crippen LogP contribution in [0.4, 0.5) is 0 Å². The number of hydrogen-bond donors (Lipinski definition) is 0. The van der Waals surface area contributed by atoms with E-state index >= 15 is 0 Å². The highest BCUT2D eigenvalue weighted by Gasteiger charge is 2.12. The van der Waals surface area contributed by atoms with Crippen LogP contribution in [0.15, 0.2) is 102 Å². The Bertz CT molecular complexity index is 1410. The molecule has 4 aromatic rings. The Balaban J connectivity index is 1.52. The Hall–Kier alpha value is -4.12. The fourth-order valence-electron chi connectivity index (χ4n) is 4.29. The van der Waals surface area contributed by atoms with Crippen molar-refractivity contribution in [2.75, 3.05) is 6.61 Å². The van der Waals surface area contributed by atoms with E-state index in [-0.39, 0.29) is 11.5 Å². The third-order valence-corrected chi connectivity index (χ3v) is 6.27. The first-order valence-corrected chi connectivity index (χ1v) is 12.8. The molecule has 0 amide bonds. The number of esters is 1. The molecule has 0 spiro atoms. The average Bonchev–Trinajstić information content (AvgIpc) is 2.92. The van der Waals surface area contributed by atoms with Gasteiger partial charge >= 0.3 is 5.97 Å². The lowest BCUT2D eigenvalue weighted by Crippen LogP contribution is -2.20. The number of fused-ring (bicyclic) bond motifs is 1. The highest BCUT2D eigenvalue weighted by molar-refractivity contribution is 5.95. The standard InChI is InChI=1S/C32H33NO4/c1-24(2)32(35)36-20-12-4-3-11-19-33-30-21-27(37-23-25-13-7-5-8-14-25)17-18-28(30)29(22-31(33)34)26-15-9-6-10-16-26/h5-10,13-18,21-22H,1,3-4,11-12,19-20,23H2,2H3. The van der Waals surface area contributed by atoms with Gasteiger partial charge in [-0.25, -0.2) is 4.79 Å². The monoisotopic (exact) mass is 495 g/mol. The van der Waals surface area contributed by atoms with Gasteiger partial charge < -0.3 is 14.0 Å². The van der Waals surface area contributed by atoms with Gasteiger partial charge in [-0.2, -0.15) is 0 Å². The maximum Gasteiger partial charge on any atom is 0.333 e. The average molecular weight is 496 g/mol. The lowest BCUT2D eigenvalue weighted by molar-refractivity contribution is -0.139. The van der Waals surface area contributed by atoms with Crippen LogP contribution >= 0.6 is 0 Å². The molecule has 190 valence electrons. The van der Waals surface area contributed by atoms with E-state index < -0.39 is 0 Å². The number of rotatable bonds is 12. The minimum absolute atomic E-state index is 0.0260. The SMILES string of the molecule is C=C(C)C(=O)OCCCCCCn1c(=O)cc(-c2ccccc2)c2ccc(OCc3ccccc3)cc21.